The van der Waals surface area contributed by atoms with Crippen LogP contribution in [0, 0.1) is 11.6 Å². The summed E-state index contributed by atoms with van der Waals surface area (Å²) in [7, 11) is -4.18. The Hall–Kier alpha value is -4.67. The molecule has 238 valence electrons. The first-order valence-electron chi connectivity index (χ1n) is 14.7. The minimum absolute atomic E-state index is 0.0417. The molecule has 46 heavy (non-hydrogen) atoms. The Balaban J connectivity index is 1.44. The lowest BCUT2D eigenvalue weighted by molar-refractivity contribution is 0.0956. The third kappa shape index (κ3) is 8.13. The predicted molar refractivity (Wildman–Crippen MR) is 173 cm³/mol. The number of hydrogen-bond donors (Lipinski definition) is 2. The van der Waals surface area contributed by atoms with E-state index in [1.54, 1.807) is 54.6 Å². The van der Waals surface area contributed by atoms with Gasteiger partial charge in [0, 0.05) is 24.1 Å². The van der Waals surface area contributed by atoms with Crippen LogP contribution in [0.1, 0.15) is 59.4 Å². The van der Waals surface area contributed by atoms with Crippen molar-refractivity contribution in [3.05, 3.63) is 137 Å². The van der Waals surface area contributed by atoms with Crippen LogP contribution < -0.4 is 5.32 Å². The molecule has 1 aromatic heterocycles. The van der Waals surface area contributed by atoms with Gasteiger partial charge in [-0.1, -0.05) is 80.5 Å². The van der Waals surface area contributed by atoms with Crippen LogP contribution in [0.3, 0.4) is 0 Å². The molecule has 7 nitrogen and oxygen atoms in total. The van der Waals surface area contributed by atoms with Crippen molar-refractivity contribution in [2.45, 2.75) is 38.5 Å². The Morgan fingerprint density at radius 3 is 2.17 bits per heavy atom. The third-order valence-corrected chi connectivity index (χ3v) is 8.50. The molecule has 0 fully saturated rings. The molecule has 1 heterocycles. The molecule has 4 aromatic carbocycles. The number of rotatable bonds is 10. The van der Waals surface area contributed by atoms with E-state index < -0.39 is 27.6 Å². The predicted octanol–water partition coefficient (Wildman–Crippen LogP) is 7.58. The highest BCUT2D eigenvalue weighted by molar-refractivity contribution is 7.85. The Labute approximate surface area is 267 Å². The van der Waals surface area contributed by atoms with E-state index in [-0.39, 0.29) is 35.0 Å². The molecule has 5 aromatic rings. The molecule has 10 heteroatoms. The van der Waals surface area contributed by atoms with Gasteiger partial charge in [-0.3, -0.25) is 9.35 Å². The Bertz CT molecular complexity index is 1930. The van der Waals surface area contributed by atoms with E-state index in [9.17, 15) is 17.6 Å². The number of nitrogens with zero attached hydrogens (tertiary/aromatic N) is 1. The lowest BCUT2D eigenvalue weighted by Crippen LogP contribution is -2.28. The zero-order valence-electron chi connectivity index (χ0n) is 25.6. The summed E-state index contributed by atoms with van der Waals surface area (Å²) in [6, 6.07) is 27.5. The Morgan fingerprint density at radius 2 is 1.54 bits per heavy atom. The summed E-state index contributed by atoms with van der Waals surface area (Å²) in [5.74, 6) is -1.90. The van der Waals surface area contributed by atoms with E-state index in [0.717, 1.165) is 16.7 Å². The van der Waals surface area contributed by atoms with E-state index in [0.29, 0.717) is 23.2 Å². The molecule has 0 saturated carbocycles. The smallest absolute Gasteiger partial charge is 0.266 e. The van der Waals surface area contributed by atoms with Gasteiger partial charge in [0.2, 0.25) is 0 Å². The second kappa shape index (κ2) is 13.4. The van der Waals surface area contributed by atoms with Crippen LogP contribution in [0.5, 0.6) is 0 Å². The van der Waals surface area contributed by atoms with E-state index in [2.05, 4.69) is 43.4 Å². The fourth-order valence-electron chi connectivity index (χ4n) is 5.15. The average molecular weight is 645 g/mol. The highest BCUT2D eigenvalue weighted by Crippen LogP contribution is 2.35. The molecular formula is C36H34F2N2O5S. The molecular weight excluding hydrogens is 610 g/mol. The van der Waals surface area contributed by atoms with E-state index in [1.165, 1.54) is 23.8 Å². The summed E-state index contributed by atoms with van der Waals surface area (Å²) in [5, 5.41) is 6.84. The van der Waals surface area contributed by atoms with Gasteiger partial charge in [-0.25, -0.2) is 8.78 Å². The summed E-state index contributed by atoms with van der Waals surface area (Å²) in [6.07, 6.45) is 0.490. The first-order valence-corrected chi connectivity index (χ1v) is 16.3. The van der Waals surface area contributed by atoms with Crippen molar-refractivity contribution in [2.75, 3.05) is 12.3 Å². The fourth-order valence-corrected chi connectivity index (χ4v) is 5.51. The van der Waals surface area contributed by atoms with E-state index >= 15 is 4.39 Å². The highest BCUT2D eigenvalue weighted by atomic mass is 32.2. The zero-order chi connectivity index (χ0) is 33.1. The molecule has 5 rings (SSSR count). The van der Waals surface area contributed by atoms with Crippen molar-refractivity contribution in [1.29, 1.82) is 0 Å². The van der Waals surface area contributed by atoms with Crippen LogP contribution in [-0.2, 0) is 22.0 Å². The normalized spacial score (nSPS) is 12.6. The maximum atomic E-state index is 15.1. The first kappa shape index (κ1) is 32.7. The Morgan fingerprint density at radius 1 is 0.891 bits per heavy atom. The number of nitrogens with one attached hydrogen (secondary N) is 1. The monoisotopic (exact) mass is 644 g/mol. The second-order valence-corrected chi connectivity index (χ2v) is 13.8. The molecule has 0 bridgehead atoms. The van der Waals surface area contributed by atoms with Crippen molar-refractivity contribution in [3.8, 4) is 22.5 Å². The summed E-state index contributed by atoms with van der Waals surface area (Å²) < 4.78 is 65.0. The lowest BCUT2D eigenvalue weighted by Gasteiger charge is -2.21. The quantitative estimate of drug-likeness (QED) is 0.152. The van der Waals surface area contributed by atoms with Crippen LogP contribution in [0.4, 0.5) is 8.78 Å². The molecule has 1 unspecified atom stereocenters. The minimum atomic E-state index is -4.18. The second-order valence-electron chi connectivity index (χ2n) is 12.2. The summed E-state index contributed by atoms with van der Waals surface area (Å²) in [4.78, 5) is 12.5. The molecule has 0 saturated heterocycles. The first-order chi connectivity index (χ1) is 21.8. The summed E-state index contributed by atoms with van der Waals surface area (Å²) >= 11 is 0. The van der Waals surface area contributed by atoms with Gasteiger partial charge in [-0.05, 0) is 76.1 Å². The number of benzene rings is 4. The van der Waals surface area contributed by atoms with Crippen LogP contribution in [0.15, 0.2) is 102 Å². The standard InChI is InChI=1S/C36H34F2N2O5S/c1-36(2,3)28-13-8-25(9-14-28)30(20-23-4-6-26(7-5-23)35(41)39-18-19-46(42,43)44)33-22-34(45-40-33)31-21-27(12-17-32(31)38)24-10-15-29(37)16-11-24/h4-17,21-22,30H,18-20H2,1-3H3,(H,39,41)(H,42,43,44). The molecule has 0 radical (unpaired) electrons. The average Bonchev–Trinajstić information content (AvgIpc) is 3.50. The van der Waals surface area contributed by atoms with Crippen LogP contribution in [0.25, 0.3) is 22.5 Å². The van der Waals surface area contributed by atoms with Gasteiger partial charge in [0.1, 0.15) is 11.6 Å². The van der Waals surface area contributed by atoms with Gasteiger partial charge in [-0.2, -0.15) is 8.42 Å². The summed E-state index contributed by atoms with van der Waals surface area (Å²) in [6.45, 7) is 6.20. The molecule has 0 aliphatic carbocycles. The lowest BCUT2D eigenvalue weighted by atomic mass is 9.83. The number of hydrogen-bond acceptors (Lipinski definition) is 5. The highest BCUT2D eigenvalue weighted by Gasteiger charge is 2.23. The van der Waals surface area contributed by atoms with Gasteiger partial charge in [0.25, 0.3) is 16.0 Å². The number of aromatic nitrogens is 1. The van der Waals surface area contributed by atoms with Crippen molar-refractivity contribution in [2.24, 2.45) is 0 Å². The number of halogens is 2. The van der Waals surface area contributed by atoms with Crippen LogP contribution in [0.2, 0.25) is 0 Å². The molecule has 0 aliphatic heterocycles. The molecule has 2 N–H and O–H groups in total. The third-order valence-electron chi connectivity index (χ3n) is 7.78. The maximum Gasteiger partial charge on any atom is 0.266 e. The molecule has 0 spiro atoms. The van der Waals surface area contributed by atoms with E-state index in [1.807, 2.05) is 12.1 Å². The van der Waals surface area contributed by atoms with Gasteiger partial charge >= 0.3 is 0 Å². The van der Waals surface area contributed by atoms with Crippen molar-refractivity contribution in [3.63, 3.8) is 0 Å². The molecule has 1 atom stereocenters. The SMILES string of the molecule is CC(C)(C)c1ccc(C(Cc2ccc(C(=O)NCCS(=O)(=O)O)cc2)c2cc(-c3cc(-c4ccc(F)cc4)ccc3F)on2)cc1. The molecule has 1 amide bonds. The van der Waals surface area contributed by atoms with Gasteiger partial charge in [0.15, 0.2) is 5.76 Å². The van der Waals surface area contributed by atoms with Gasteiger partial charge in [-0.15, -0.1) is 0 Å². The van der Waals surface area contributed by atoms with Crippen molar-refractivity contribution in [1.82, 2.24) is 10.5 Å². The zero-order valence-corrected chi connectivity index (χ0v) is 26.4. The van der Waals surface area contributed by atoms with E-state index in [4.69, 9.17) is 9.08 Å². The minimum Gasteiger partial charge on any atom is -0.356 e. The van der Waals surface area contributed by atoms with Crippen LogP contribution in [-0.4, -0.2) is 36.3 Å². The number of carbonyl (C=O) groups excluding carboxylic acids is 1. The number of amides is 1. The summed E-state index contributed by atoms with van der Waals surface area (Å²) in [5.41, 5.74) is 5.59. The number of carbonyl (C=O) groups is 1. The topological polar surface area (TPSA) is 110 Å². The van der Waals surface area contributed by atoms with Gasteiger partial charge in [0.05, 0.1) is 17.0 Å². The van der Waals surface area contributed by atoms with Gasteiger partial charge < -0.3 is 9.84 Å². The fraction of sp³-hybridized carbons (Fsp3) is 0.222. The van der Waals surface area contributed by atoms with Crippen LogP contribution >= 0.6 is 0 Å². The van der Waals surface area contributed by atoms with Crippen molar-refractivity contribution < 1.29 is 31.1 Å². The van der Waals surface area contributed by atoms with Crippen molar-refractivity contribution >= 4 is 16.0 Å². The Kier molecular flexibility index (Phi) is 9.50. The maximum absolute atomic E-state index is 15.1. The largest absolute Gasteiger partial charge is 0.356 e. The molecule has 0 aliphatic rings.